The molecular formula is C29H30Cl2N6O2S. The molecule has 0 saturated heterocycles. The van der Waals surface area contributed by atoms with Crippen molar-refractivity contribution in [3.8, 4) is 17.1 Å². The highest BCUT2D eigenvalue weighted by molar-refractivity contribution is 7.82. The topological polar surface area (TPSA) is 96.3 Å². The highest BCUT2D eigenvalue weighted by atomic mass is 35.5. The smallest absolute Gasteiger partial charge is 0.316 e. The molecule has 3 N–H and O–H groups in total. The molecule has 0 radical (unpaired) electrons. The Kier molecular flexibility index (Phi) is 7.81. The molecule has 2 aromatic heterocycles. The van der Waals surface area contributed by atoms with Gasteiger partial charge in [0.25, 0.3) is 0 Å². The molecule has 40 heavy (non-hydrogen) atoms. The summed E-state index contributed by atoms with van der Waals surface area (Å²) in [5.74, 6) is 1.37. The van der Waals surface area contributed by atoms with Gasteiger partial charge in [-0.25, -0.2) is 4.52 Å². The van der Waals surface area contributed by atoms with Gasteiger partial charge in [-0.3, -0.25) is 9.82 Å². The first-order valence-electron chi connectivity index (χ1n) is 12.8. The Hall–Kier alpha value is -3.53. The van der Waals surface area contributed by atoms with Crippen molar-refractivity contribution in [2.24, 2.45) is 0 Å². The van der Waals surface area contributed by atoms with Crippen LogP contribution in [-0.4, -0.2) is 24.0 Å². The van der Waals surface area contributed by atoms with E-state index in [2.05, 4.69) is 66.0 Å². The van der Waals surface area contributed by atoms with Crippen molar-refractivity contribution in [3.63, 3.8) is 0 Å². The van der Waals surface area contributed by atoms with Crippen LogP contribution in [0.3, 0.4) is 0 Å². The second kappa shape index (κ2) is 11.2. The largest absolute Gasteiger partial charge is 0.383 e. The number of hydrogen-bond donors (Lipinski definition) is 3. The minimum absolute atomic E-state index is 0.237. The lowest BCUT2D eigenvalue weighted by molar-refractivity contribution is 0.567. The van der Waals surface area contributed by atoms with E-state index in [9.17, 15) is 4.21 Å². The minimum atomic E-state index is -1.87. The average molecular weight is 598 g/mol. The maximum Gasteiger partial charge on any atom is 0.316 e. The SMILES string of the molecule is Cc1cc(NS(=O)Oc2cc(Cl)ccc2Cl)ccc1Nc1c(C)cc(C)c(-c2nnc3cc(C(C)C)[nH]n23)c1C. The van der Waals surface area contributed by atoms with Crippen LogP contribution in [0.25, 0.3) is 17.0 Å². The van der Waals surface area contributed by atoms with Gasteiger partial charge in [0.2, 0.25) is 0 Å². The van der Waals surface area contributed by atoms with Gasteiger partial charge in [-0.15, -0.1) is 10.2 Å². The fourth-order valence-electron chi connectivity index (χ4n) is 4.72. The average Bonchev–Trinajstić information content (AvgIpc) is 3.47. The molecule has 11 heteroatoms. The molecule has 0 saturated carbocycles. The van der Waals surface area contributed by atoms with E-state index in [1.165, 1.54) is 6.07 Å². The molecule has 0 aliphatic heterocycles. The zero-order chi connectivity index (χ0) is 28.7. The van der Waals surface area contributed by atoms with Crippen molar-refractivity contribution >= 4 is 57.2 Å². The van der Waals surface area contributed by atoms with Crippen LogP contribution in [0.4, 0.5) is 17.1 Å². The molecule has 0 spiro atoms. The molecule has 0 bridgehead atoms. The molecule has 2 heterocycles. The monoisotopic (exact) mass is 596 g/mol. The Balaban J connectivity index is 1.40. The Morgan fingerprint density at radius 2 is 1.73 bits per heavy atom. The number of nitrogens with zero attached hydrogens (tertiary/aromatic N) is 3. The van der Waals surface area contributed by atoms with Gasteiger partial charge < -0.3 is 9.50 Å². The second-order valence-corrected chi connectivity index (χ2v) is 11.8. The lowest BCUT2D eigenvalue weighted by Crippen LogP contribution is -2.11. The third kappa shape index (κ3) is 5.54. The maximum absolute atomic E-state index is 12.6. The number of halogens is 2. The van der Waals surface area contributed by atoms with E-state index in [1.807, 2.05) is 35.7 Å². The van der Waals surface area contributed by atoms with E-state index in [4.69, 9.17) is 27.4 Å². The Morgan fingerprint density at radius 3 is 2.45 bits per heavy atom. The molecule has 1 unspecified atom stereocenters. The van der Waals surface area contributed by atoms with Crippen molar-refractivity contribution in [2.75, 3.05) is 10.0 Å². The third-order valence-electron chi connectivity index (χ3n) is 6.78. The van der Waals surface area contributed by atoms with Crippen LogP contribution in [0.5, 0.6) is 5.75 Å². The fraction of sp³-hybridized carbons (Fsp3) is 0.241. The molecule has 0 aliphatic rings. The summed E-state index contributed by atoms with van der Waals surface area (Å²) in [5.41, 5.74) is 9.75. The number of anilines is 3. The van der Waals surface area contributed by atoms with Crippen LogP contribution in [0, 0.1) is 27.7 Å². The third-order valence-corrected chi connectivity index (χ3v) is 8.06. The van der Waals surface area contributed by atoms with Crippen molar-refractivity contribution < 1.29 is 8.39 Å². The number of benzene rings is 3. The van der Waals surface area contributed by atoms with Gasteiger partial charge in [-0.1, -0.05) is 43.1 Å². The quantitative estimate of drug-likeness (QED) is 0.168. The van der Waals surface area contributed by atoms with Crippen molar-refractivity contribution in [1.82, 2.24) is 19.8 Å². The predicted molar refractivity (Wildman–Crippen MR) is 164 cm³/mol. The molecule has 208 valence electrons. The molecule has 1 atom stereocenters. The van der Waals surface area contributed by atoms with Crippen molar-refractivity contribution in [1.29, 1.82) is 0 Å². The zero-order valence-electron chi connectivity index (χ0n) is 23.0. The number of fused-ring (bicyclic) bond motifs is 1. The van der Waals surface area contributed by atoms with Gasteiger partial charge in [-0.05, 0) is 86.2 Å². The van der Waals surface area contributed by atoms with Crippen molar-refractivity contribution in [3.05, 3.63) is 86.5 Å². The van der Waals surface area contributed by atoms with Crippen molar-refractivity contribution in [2.45, 2.75) is 47.5 Å². The number of nitrogens with one attached hydrogen (secondary N) is 3. The summed E-state index contributed by atoms with van der Waals surface area (Å²) in [7, 11) is 0. The van der Waals surface area contributed by atoms with E-state index in [-0.39, 0.29) is 5.75 Å². The Morgan fingerprint density at radius 1 is 0.950 bits per heavy atom. The molecule has 5 rings (SSSR count). The summed E-state index contributed by atoms with van der Waals surface area (Å²) in [5, 5.41) is 16.7. The summed E-state index contributed by atoms with van der Waals surface area (Å²) in [6.07, 6.45) is 0. The van der Waals surface area contributed by atoms with Crippen LogP contribution >= 0.6 is 23.2 Å². The number of H-pyrrole nitrogens is 1. The summed E-state index contributed by atoms with van der Waals surface area (Å²) in [6, 6.07) is 14.6. The first-order chi connectivity index (χ1) is 19.0. The maximum atomic E-state index is 12.6. The van der Waals surface area contributed by atoms with E-state index in [0.29, 0.717) is 21.7 Å². The lowest BCUT2D eigenvalue weighted by atomic mass is 9.96. The highest BCUT2D eigenvalue weighted by Crippen LogP contribution is 2.37. The molecule has 8 nitrogen and oxygen atoms in total. The summed E-state index contributed by atoms with van der Waals surface area (Å²) in [4.78, 5) is 0. The molecular weight excluding hydrogens is 567 g/mol. The molecule has 0 amide bonds. The molecule has 0 aliphatic carbocycles. The summed E-state index contributed by atoms with van der Waals surface area (Å²) < 4.78 is 22.8. The van der Waals surface area contributed by atoms with E-state index in [0.717, 1.165) is 56.4 Å². The Bertz CT molecular complexity index is 1760. The van der Waals surface area contributed by atoms with Gasteiger partial charge in [0, 0.05) is 45.5 Å². The highest BCUT2D eigenvalue weighted by Gasteiger charge is 2.20. The fourth-order valence-corrected chi connectivity index (χ4v) is 5.75. The van der Waals surface area contributed by atoms with Gasteiger partial charge in [0.05, 0.1) is 5.02 Å². The van der Waals surface area contributed by atoms with Crippen LogP contribution in [0.1, 0.15) is 47.7 Å². The number of rotatable bonds is 8. The number of aromatic amines is 1. The van der Waals surface area contributed by atoms with Gasteiger partial charge in [0.15, 0.2) is 17.2 Å². The van der Waals surface area contributed by atoms with Gasteiger partial charge in [-0.2, -0.15) is 4.21 Å². The number of aromatic nitrogens is 4. The van der Waals surface area contributed by atoms with E-state index < -0.39 is 11.3 Å². The summed E-state index contributed by atoms with van der Waals surface area (Å²) >= 11 is 10.3. The predicted octanol–water partition coefficient (Wildman–Crippen LogP) is 8.20. The number of hydrogen-bond acceptors (Lipinski definition) is 5. The minimum Gasteiger partial charge on any atom is -0.383 e. The Labute approximate surface area is 245 Å². The van der Waals surface area contributed by atoms with Gasteiger partial charge in [0.1, 0.15) is 0 Å². The van der Waals surface area contributed by atoms with Crippen LogP contribution in [0.15, 0.2) is 48.5 Å². The van der Waals surface area contributed by atoms with E-state index in [1.54, 1.807) is 12.1 Å². The first kappa shape index (κ1) is 28.0. The molecule has 0 fully saturated rings. The summed E-state index contributed by atoms with van der Waals surface area (Å²) in [6.45, 7) is 12.6. The standard InChI is InChI=1S/C29H30Cl2N6O2S/c1-15(2)24-14-26-33-34-29(37(26)35-24)27-17(4)11-18(5)28(19(27)6)32-23-10-8-21(12-16(23)3)36-40(38)39-25-13-20(30)7-9-22(25)31/h7-15,32,35-36H,1-6H3. The molecule has 3 aromatic carbocycles. The van der Waals surface area contributed by atoms with Gasteiger partial charge >= 0.3 is 11.3 Å². The van der Waals surface area contributed by atoms with E-state index >= 15 is 0 Å². The number of aryl methyl sites for hydroxylation is 3. The first-order valence-corrected chi connectivity index (χ1v) is 14.6. The second-order valence-electron chi connectivity index (χ2n) is 10.1. The van der Waals surface area contributed by atoms with Crippen LogP contribution < -0.4 is 14.2 Å². The van der Waals surface area contributed by atoms with Crippen LogP contribution in [0.2, 0.25) is 10.0 Å². The normalized spacial score (nSPS) is 12.2. The van der Waals surface area contributed by atoms with Crippen LogP contribution in [-0.2, 0) is 11.3 Å². The lowest BCUT2D eigenvalue weighted by Gasteiger charge is -2.19. The zero-order valence-corrected chi connectivity index (χ0v) is 25.3. The molecule has 5 aromatic rings.